The van der Waals surface area contributed by atoms with E-state index in [1.165, 1.54) is 0 Å². The predicted octanol–water partition coefficient (Wildman–Crippen LogP) is 0.779. The van der Waals surface area contributed by atoms with Gasteiger partial charge in [0.1, 0.15) is 12.4 Å². The Balaban J connectivity index is 3.11. The molecule has 0 aliphatic heterocycles. The molecule has 0 unspecified atom stereocenters. The second-order valence-electron chi connectivity index (χ2n) is 2.99. The number of nitrogens with zero attached hydrogens (tertiary/aromatic N) is 2. The molecule has 3 N–H and O–H groups in total. The molecule has 0 atom stereocenters. The van der Waals surface area contributed by atoms with Crippen LogP contribution in [0, 0.1) is 6.92 Å². The lowest BCUT2D eigenvalue weighted by molar-refractivity contribution is 0.177. The first kappa shape index (κ1) is 10.9. The molecule has 0 aromatic carbocycles. The number of rotatable bonds is 4. The smallest absolute Gasteiger partial charge is 0.156 e. The number of hydrogen-bond acceptors (Lipinski definition) is 5. The van der Waals surface area contributed by atoms with Gasteiger partial charge < -0.3 is 10.2 Å². The minimum atomic E-state index is 0.405. The second-order valence-corrected chi connectivity index (χ2v) is 2.99. The van der Waals surface area contributed by atoms with Crippen molar-refractivity contribution in [3.8, 4) is 0 Å². The molecule has 1 aromatic rings. The topological polar surface area (TPSA) is 73.1 Å². The van der Waals surface area contributed by atoms with Crippen molar-refractivity contribution in [2.45, 2.75) is 26.9 Å². The quantitative estimate of drug-likeness (QED) is 0.550. The molecule has 0 aliphatic carbocycles. The SMILES string of the molecule is CCc1nc(COC)nc(NN)c1C. The number of hydrazine groups is 1. The van der Waals surface area contributed by atoms with Crippen LogP contribution in [-0.2, 0) is 17.8 Å². The van der Waals surface area contributed by atoms with E-state index in [2.05, 4.69) is 15.4 Å². The Hall–Kier alpha value is -1.20. The Labute approximate surface area is 83.7 Å². The van der Waals surface area contributed by atoms with Gasteiger partial charge in [0.25, 0.3) is 0 Å². The molecule has 0 saturated heterocycles. The Kier molecular flexibility index (Phi) is 3.79. The lowest BCUT2D eigenvalue weighted by Crippen LogP contribution is -2.14. The number of ether oxygens (including phenoxy) is 1. The van der Waals surface area contributed by atoms with Crippen molar-refractivity contribution in [3.63, 3.8) is 0 Å². The maximum atomic E-state index is 5.36. The standard InChI is InChI=1S/C9H16N4O/c1-4-7-6(2)9(13-10)12-8(11-7)5-14-3/h4-5,10H2,1-3H3,(H,11,12,13). The van der Waals surface area contributed by atoms with E-state index in [-0.39, 0.29) is 0 Å². The van der Waals surface area contributed by atoms with Crippen LogP contribution >= 0.6 is 0 Å². The van der Waals surface area contributed by atoms with Crippen molar-refractivity contribution < 1.29 is 4.74 Å². The van der Waals surface area contributed by atoms with Crippen molar-refractivity contribution in [2.24, 2.45) is 5.84 Å². The van der Waals surface area contributed by atoms with Gasteiger partial charge in [-0.15, -0.1) is 0 Å². The zero-order valence-corrected chi connectivity index (χ0v) is 8.79. The van der Waals surface area contributed by atoms with E-state index in [0.29, 0.717) is 18.2 Å². The summed E-state index contributed by atoms with van der Waals surface area (Å²) in [5.74, 6) is 6.68. The average Bonchev–Trinajstić information content (AvgIpc) is 2.20. The normalized spacial score (nSPS) is 10.3. The molecule has 1 rings (SSSR count). The number of hydrogen-bond donors (Lipinski definition) is 2. The lowest BCUT2D eigenvalue weighted by Gasteiger charge is -2.10. The van der Waals surface area contributed by atoms with Crippen molar-refractivity contribution in [1.29, 1.82) is 0 Å². The van der Waals surface area contributed by atoms with Crippen LogP contribution in [-0.4, -0.2) is 17.1 Å². The van der Waals surface area contributed by atoms with E-state index in [0.717, 1.165) is 17.7 Å². The van der Waals surface area contributed by atoms with E-state index in [4.69, 9.17) is 10.6 Å². The molecule has 1 heterocycles. The number of nitrogens with one attached hydrogen (secondary N) is 1. The molecule has 78 valence electrons. The molecule has 1 aromatic heterocycles. The van der Waals surface area contributed by atoms with E-state index >= 15 is 0 Å². The van der Waals surface area contributed by atoms with Gasteiger partial charge >= 0.3 is 0 Å². The number of aromatic nitrogens is 2. The fraction of sp³-hybridized carbons (Fsp3) is 0.556. The molecular formula is C9H16N4O. The van der Waals surface area contributed by atoms with Crippen molar-refractivity contribution in [3.05, 3.63) is 17.1 Å². The first-order valence-electron chi connectivity index (χ1n) is 4.54. The molecule has 0 bridgehead atoms. The predicted molar refractivity (Wildman–Crippen MR) is 54.7 cm³/mol. The summed E-state index contributed by atoms with van der Waals surface area (Å²) in [7, 11) is 1.62. The maximum Gasteiger partial charge on any atom is 0.156 e. The van der Waals surface area contributed by atoms with Gasteiger partial charge in [-0.3, -0.25) is 0 Å². The van der Waals surface area contributed by atoms with Crippen LogP contribution in [0.15, 0.2) is 0 Å². The van der Waals surface area contributed by atoms with Gasteiger partial charge in [0.15, 0.2) is 5.82 Å². The monoisotopic (exact) mass is 196 g/mol. The van der Waals surface area contributed by atoms with Gasteiger partial charge in [-0.05, 0) is 13.3 Å². The van der Waals surface area contributed by atoms with Crippen LogP contribution < -0.4 is 11.3 Å². The summed E-state index contributed by atoms with van der Waals surface area (Å²) >= 11 is 0. The van der Waals surface area contributed by atoms with Crippen molar-refractivity contribution in [1.82, 2.24) is 9.97 Å². The molecule has 5 heteroatoms. The minimum absolute atomic E-state index is 0.405. The highest BCUT2D eigenvalue weighted by molar-refractivity contribution is 5.44. The number of nitrogens with two attached hydrogens (primary N) is 1. The maximum absolute atomic E-state index is 5.36. The fourth-order valence-electron chi connectivity index (χ4n) is 1.29. The zero-order valence-electron chi connectivity index (χ0n) is 8.79. The third kappa shape index (κ3) is 2.18. The highest BCUT2D eigenvalue weighted by atomic mass is 16.5. The molecule has 0 amide bonds. The van der Waals surface area contributed by atoms with Crippen LogP contribution in [0.2, 0.25) is 0 Å². The van der Waals surface area contributed by atoms with Gasteiger partial charge in [-0.2, -0.15) is 0 Å². The van der Waals surface area contributed by atoms with Gasteiger partial charge in [0, 0.05) is 18.4 Å². The van der Waals surface area contributed by atoms with Crippen LogP contribution in [0.1, 0.15) is 24.0 Å². The van der Waals surface area contributed by atoms with E-state index < -0.39 is 0 Å². The first-order valence-corrected chi connectivity index (χ1v) is 4.54. The summed E-state index contributed by atoms with van der Waals surface area (Å²) in [5.41, 5.74) is 4.56. The molecular weight excluding hydrogens is 180 g/mol. The van der Waals surface area contributed by atoms with E-state index in [1.807, 2.05) is 13.8 Å². The van der Waals surface area contributed by atoms with Crippen molar-refractivity contribution >= 4 is 5.82 Å². The lowest BCUT2D eigenvalue weighted by atomic mass is 10.2. The summed E-state index contributed by atoms with van der Waals surface area (Å²) in [6, 6.07) is 0. The Morgan fingerprint density at radius 2 is 2.14 bits per heavy atom. The second kappa shape index (κ2) is 4.88. The summed E-state index contributed by atoms with van der Waals surface area (Å²) < 4.78 is 4.97. The first-order chi connectivity index (χ1) is 6.72. The number of anilines is 1. The highest BCUT2D eigenvalue weighted by Crippen LogP contribution is 2.15. The van der Waals surface area contributed by atoms with Gasteiger partial charge in [0.05, 0.1) is 0 Å². The van der Waals surface area contributed by atoms with E-state index in [1.54, 1.807) is 7.11 Å². The summed E-state index contributed by atoms with van der Waals surface area (Å²) in [4.78, 5) is 8.57. The van der Waals surface area contributed by atoms with Crippen LogP contribution in [0.5, 0.6) is 0 Å². The third-order valence-corrected chi connectivity index (χ3v) is 2.04. The Morgan fingerprint density at radius 1 is 1.43 bits per heavy atom. The largest absolute Gasteiger partial charge is 0.377 e. The van der Waals surface area contributed by atoms with Crippen molar-refractivity contribution in [2.75, 3.05) is 12.5 Å². The molecule has 0 spiro atoms. The number of methoxy groups -OCH3 is 1. The van der Waals surface area contributed by atoms with Crippen LogP contribution in [0.4, 0.5) is 5.82 Å². The Morgan fingerprint density at radius 3 is 2.64 bits per heavy atom. The highest BCUT2D eigenvalue weighted by Gasteiger charge is 2.08. The van der Waals surface area contributed by atoms with Gasteiger partial charge in [-0.1, -0.05) is 6.92 Å². The minimum Gasteiger partial charge on any atom is -0.377 e. The molecule has 0 fully saturated rings. The number of nitrogen functional groups attached to an aromatic ring is 1. The molecule has 5 nitrogen and oxygen atoms in total. The molecule has 0 saturated carbocycles. The summed E-state index contributed by atoms with van der Waals surface area (Å²) in [6.07, 6.45) is 0.861. The fourth-order valence-corrected chi connectivity index (χ4v) is 1.29. The average molecular weight is 196 g/mol. The van der Waals surface area contributed by atoms with Crippen LogP contribution in [0.25, 0.3) is 0 Å². The Bertz CT molecular complexity index is 289. The van der Waals surface area contributed by atoms with Gasteiger partial charge in [-0.25, -0.2) is 15.8 Å². The summed E-state index contributed by atoms with van der Waals surface area (Å²) in [6.45, 7) is 4.40. The number of aryl methyl sites for hydroxylation is 1. The van der Waals surface area contributed by atoms with Crippen LogP contribution in [0.3, 0.4) is 0 Å². The third-order valence-electron chi connectivity index (χ3n) is 2.04. The molecule has 0 radical (unpaired) electrons. The van der Waals surface area contributed by atoms with E-state index in [9.17, 15) is 0 Å². The molecule has 0 aliphatic rings. The summed E-state index contributed by atoms with van der Waals surface area (Å²) in [5, 5.41) is 0. The molecule has 14 heavy (non-hydrogen) atoms. The van der Waals surface area contributed by atoms with Gasteiger partial charge in [0.2, 0.25) is 0 Å². The zero-order chi connectivity index (χ0) is 10.6.